The minimum Gasteiger partial charge on any atom is -0.321 e. The number of nitrogens with one attached hydrogen (secondary N) is 1. The summed E-state index contributed by atoms with van der Waals surface area (Å²) in [6.45, 7) is 1.98. The van der Waals surface area contributed by atoms with Gasteiger partial charge in [0.05, 0.1) is 15.2 Å². The lowest BCUT2D eigenvalue weighted by Crippen LogP contribution is -2.10. The molecule has 0 spiro atoms. The Morgan fingerprint density at radius 2 is 2.21 bits per heavy atom. The number of hydrogen-bond acceptors (Lipinski definition) is 4. The zero-order chi connectivity index (χ0) is 13.4. The maximum atomic E-state index is 12.1. The van der Waals surface area contributed by atoms with Gasteiger partial charge in [-0.2, -0.15) is 0 Å². The summed E-state index contributed by atoms with van der Waals surface area (Å²) in [4.78, 5) is 17.2. The molecule has 96 valence electrons. The van der Waals surface area contributed by atoms with Crippen molar-refractivity contribution >= 4 is 60.4 Å². The summed E-state index contributed by atoms with van der Waals surface area (Å²) in [5.41, 5.74) is 1.76. The van der Waals surface area contributed by atoms with Gasteiger partial charge in [-0.3, -0.25) is 4.79 Å². The number of anilines is 1. The smallest absolute Gasteiger partial charge is 0.266 e. The second-order valence-electron chi connectivity index (χ2n) is 3.97. The SMILES string of the molecule is Cc1nc2ccc(NC(=O)c3sccc3Br)cc2s1. The number of halogens is 1. The van der Waals surface area contributed by atoms with E-state index in [0.717, 1.165) is 25.4 Å². The highest BCUT2D eigenvalue weighted by Crippen LogP contribution is 2.27. The lowest BCUT2D eigenvalue weighted by atomic mass is 10.3. The molecule has 0 aliphatic carbocycles. The number of aromatic nitrogens is 1. The lowest BCUT2D eigenvalue weighted by molar-refractivity contribution is 0.103. The highest BCUT2D eigenvalue weighted by atomic mass is 79.9. The maximum absolute atomic E-state index is 12.1. The molecule has 0 saturated carbocycles. The molecule has 0 aliphatic heterocycles. The molecule has 2 heterocycles. The Morgan fingerprint density at radius 3 is 2.95 bits per heavy atom. The zero-order valence-electron chi connectivity index (χ0n) is 9.94. The van der Waals surface area contributed by atoms with Gasteiger partial charge in [-0.1, -0.05) is 0 Å². The quantitative estimate of drug-likeness (QED) is 0.727. The first kappa shape index (κ1) is 12.8. The normalized spacial score (nSPS) is 10.8. The van der Waals surface area contributed by atoms with Crippen LogP contribution in [0, 0.1) is 6.92 Å². The molecule has 1 amide bonds. The molecule has 0 unspecified atom stereocenters. The van der Waals surface area contributed by atoms with Crippen LogP contribution >= 0.6 is 38.6 Å². The first-order valence-electron chi connectivity index (χ1n) is 5.55. The van der Waals surface area contributed by atoms with Crippen LogP contribution in [0.25, 0.3) is 10.2 Å². The van der Waals surface area contributed by atoms with Gasteiger partial charge in [0.15, 0.2) is 0 Å². The third kappa shape index (κ3) is 2.56. The van der Waals surface area contributed by atoms with Crippen molar-refractivity contribution in [3.05, 3.63) is 44.0 Å². The van der Waals surface area contributed by atoms with Crippen LogP contribution in [0.4, 0.5) is 5.69 Å². The average molecular weight is 353 g/mol. The Bertz CT molecular complexity index is 763. The second kappa shape index (κ2) is 5.03. The van der Waals surface area contributed by atoms with Gasteiger partial charge < -0.3 is 5.32 Å². The second-order valence-corrected chi connectivity index (χ2v) is 6.97. The van der Waals surface area contributed by atoms with Crippen LogP contribution in [0.3, 0.4) is 0 Å². The number of fused-ring (bicyclic) bond motifs is 1. The Hall–Kier alpha value is -1.24. The van der Waals surface area contributed by atoms with Crippen molar-refractivity contribution < 1.29 is 4.79 Å². The standard InChI is InChI=1S/C13H9BrN2OS2/c1-7-15-10-3-2-8(6-11(10)19-7)16-13(17)12-9(14)4-5-18-12/h2-6H,1H3,(H,16,17). The van der Waals surface area contributed by atoms with Crippen molar-refractivity contribution in [1.29, 1.82) is 0 Å². The number of nitrogens with zero attached hydrogens (tertiary/aromatic N) is 1. The van der Waals surface area contributed by atoms with E-state index in [1.165, 1.54) is 11.3 Å². The number of thiophene rings is 1. The first-order chi connectivity index (χ1) is 9.13. The van der Waals surface area contributed by atoms with Crippen LogP contribution < -0.4 is 5.32 Å². The summed E-state index contributed by atoms with van der Waals surface area (Å²) in [6.07, 6.45) is 0. The molecule has 0 saturated heterocycles. The summed E-state index contributed by atoms with van der Waals surface area (Å²) in [6, 6.07) is 7.63. The van der Waals surface area contributed by atoms with Gasteiger partial charge in [0, 0.05) is 10.2 Å². The number of aryl methyl sites for hydroxylation is 1. The predicted octanol–water partition coefficient (Wildman–Crippen LogP) is 4.68. The number of benzene rings is 1. The fraction of sp³-hybridized carbons (Fsp3) is 0.0769. The van der Waals surface area contributed by atoms with Crippen LogP contribution in [0.15, 0.2) is 34.1 Å². The van der Waals surface area contributed by atoms with Gasteiger partial charge in [-0.05, 0) is 52.5 Å². The molecular weight excluding hydrogens is 344 g/mol. The number of carbonyl (C=O) groups is 1. The summed E-state index contributed by atoms with van der Waals surface area (Å²) >= 11 is 6.41. The van der Waals surface area contributed by atoms with Crippen molar-refractivity contribution in [3.8, 4) is 0 Å². The van der Waals surface area contributed by atoms with Crippen molar-refractivity contribution in [1.82, 2.24) is 4.98 Å². The first-order valence-corrected chi connectivity index (χ1v) is 8.04. The fourth-order valence-electron chi connectivity index (χ4n) is 1.76. The molecule has 3 nitrogen and oxygen atoms in total. The number of amides is 1. The van der Waals surface area contributed by atoms with Gasteiger partial charge in [-0.15, -0.1) is 22.7 Å². The maximum Gasteiger partial charge on any atom is 0.266 e. The highest BCUT2D eigenvalue weighted by Gasteiger charge is 2.12. The molecule has 0 atom stereocenters. The number of carbonyl (C=O) groups excluding carboxylic acids is 1. The van der Waals surface area contributed by atoms with E-state index in [-0.39, 0.29) is 5.91 Å². The summed E-state index contributed by atoms with van der Waals surface area (Å²) < 4.78 is 1.91. The topological polar surface area (TPSA) is 42.0 Å². The molecule has 3 rings (SSSR count). The van der Waals surface area contributed by atoms with Crippen LogP contribution in [0.5, 0.6) is 0 Å². The number of rotatable bonds is 2. The molecule has 2 aromatic heterocycles. The molecule has 3 aromatic rings. The van der Waals surface area contributed by atoms with Gasteiger partial charge in [0.1, 0.15) is 4.88 Å². The van der Waals surface area contributed by atoms with E-state index in [4.69, 9.17) is 0 Å². The van der Waals surface area contributed by atoms with Crippen molar-refractivity contribution in [3.63, 3.8) is 0 Å². The predicted molar refractivity (Wildman–Crippen MR) is 84.3 cm³/mol. The lowest BCUT2D eigenvalue weighted by Gasteiger charge is -2.03. The Labute approximate surface area is 126 Å². The molecule has 0 fully saturated rings. The summed E-state index contributed by atoms with van der Waals surface area (Å²) in [5, 5.41) is 5.82. The Morgan fingerprint density at radius 1 is 1.37 bits per heavy atom. The van der Waals surface area contributed by atoms with Gasteiger partial charge in [0.25, 0.3) is 5.91 Å². The fourth-order valence-corrected chi connectivity index (χ4v) is 4.07. The van der Waals surface area contributed by atoms with Crippen LogP contribution in [-0.4, -0.2) is 10.9 Å². The molecule has 0 aliphatic rings. The van der Waals surface area contributed by atoms with Gasteiger partial charge in [0.2, 0.25) is 0 Å². The minimum absolute atomic E-state index is 0.0949. The largest absolute Gasteiger partial charge is 0.321 e. The van der Waals surface area contributed by atoms with Gasteiger partial charge >= 0.3 is 0 Å². The van der Waals surface area contributed by atoms with E-state index >= 15 is 0 Å². The van der Waals surface area contributed by atoms with Crippen molar-refractivity contribution in [2.45, 2.75) is 6.92 Å². The highest BCUT2D eigenvalue weighted by molar-refractivity contribution is 9.10. The van der Waals surface area contributed by atoms with E-state index in [2.05, 4.69) is 26.2 Å². The third-order valence-corrected chi connectivity index (χ3v) is 5.35. The van der Waals surface area contributed by atoms with E-state index in [9.17, 15) is 4.79 Å². The van der Waals surface area contributed by atoms with Gasteiger partial charge in [-0.25, -0.2) is 4.98 Å². The van der Waals surface area contributed by atoms with E-state index < -0.39 is 0 Å². The van der Waals surface area contributed by atoms with Crippen LogP contribution in [0.2, 0.25) is 0 Å². The minimum atomic E-state index is -0.0949. The molecule has 1 N–H and O–H groups in total. The molecule has 19 heavy (non-hydrogen) atoms. The van der Waals surface area contributed by atoms with Crippen LogP contribution in [-0.2, 0) is 0 Å². The monoisotopic (exact) mass is 352 g/mol. The Balaban J connectivity index is 1.89. The third-order valence-electron chi connectivity index (χ3n) is 2.58. The molecule has 0 bridgehead atoms. The molecular formula is C13H9BrN2OS2. The molecule has 6 heteroatoms. The number of hydrogen-bond donors (Lipinski definition) is 1. The Kier molecular flexibility index (Phi) is 3.38. The summed E-state index contributed by atoms with van der Waals surface area (Å²) in [5.74, 6) is -0.0949. The van der Waals surface area contributed by atoms with Crippen LogP contribution in [0.1, 0.15) is 14.7 Å². The van der Waals surface area contributed by atoms with E-state index in [1.54, 1.807) is 11.3 Å². The summed E-state index contributed by atoms with van der Waals surface area (Å²) in [7, 11) is 0. The molecule has 0 radical (unpaired) electrons. The van der Waals surface area contributed by atoms with Crippen molar-refractivity contribution in [2.24, 2.45) is 0 Å². The number of thiazole rings is 1. The average Bonchev–Trinajstić information content (AvgIpc) is 2.93. The van der Waals surface area contributed by atoms with Crippen molar-refractivity contribution in [2.75, 3.05) is 5.32 Å². The zero-order valence-corrected chi connectivity index (χ0v) is 13.2. The molecule has 1 aromatic carbocycles. The van der Waals surface area contributed by atoms with E-state index in [1.807, 2.05) is 36.6 Å². The van der Waals surface area contributed by atoms with E-state index in [0.29, 0.717) is 4.88 Å².